The third-order valence-electron chi connectivity index (χ3n) is 2.40. The molecule has 100 valence electrons. The summed E-state index contributed by atoms with van der Waals surface area (Å²) in [5, 5.41) is 20.5. The van der Waals surface area contributed by atoms with Crippen LogP contribution >= 0.6 is 11.3 Å². The molecule has 1 N–H and O–H groups in total. The molecule has 2 aromatic rings. The highest BCUT2D eigenvalue weighted by Gasteiger charge is 2.23. The molecule has 0 radical (unpaired) electrons. The Kier molecular flexibility index (Phi) is 3.77. The van der Waals surface area contributed by atoms with Crippen molar-refractivity contribution in [3.05, 3.63) is 45.1 Å². The maximum atomic E-state index is 10.9. The smallest absolute Gasteiger partial charge is 0.323 e. The van der Waals surface area contributed by atoms with Crippen LogP contribution < -0.4 is 4.74 Å². The molecule has 0 fully saturated rings. The van der Waals surface area contributed by atoms with E-state index in [1.165, 1.54) is 12.3 Å². The summed E-state index contributed by atoms with van der Waals surface area (Å²) in [5.74, 6) is 0.424. The summed E-state index contributed by atoms with van der Waals surface area (Å²) < 4.78 is 5.46. The number of pyridine rings is 1. The van der Waals surface area contributed by atoms with Gasteiger partial charge in [0.25, 0.3) is 5.06 Å². The summed E-state index contributed by atoms with van der Waals surface area (Å²) in [4.78, 5) is 14.9. The van der Waals surface area contributed by atoms with Gasteiger partial charge in [-0.2, -0.15) is 0 Å². The van der Waals surface area contributed by atoms with Crippen molar-refractivity contribution >= 4 is 17.0 Å². The zero-order valence-corrected chi connectivity index (χ0v) is 11.2. The Hall–Kier alpha value is -1.99. The molecule has 6 nitrogen and oxygen atoms in total. The van der Waals surface area contributed by atoms with Crippen molar-refractivity contribution < 1.29 is 14.8 Å². The fraction of sp³-hybridized carbons (Fsp3) is 0.250. The van der Waals surface area contributed by atoms with Crippen molar-refractivity contribution in [2.75, 3.05) is 0 Å². The van der Waals surface area contributed by atoms with Gasteiger partial charge in [-0.25, -0.2) is 0 Å². The van der Waals surface area contributed by atoms with E-state index in [9.17, 15) is 15.2 Å². The van der Waals surface area contributed by atoms with Gasteiger partial charge in [-0.15, -0.1) is 0 Å². The largest absolute Gasteiger partial charge is 0.438 e. The molecular weight excluding hydrogens is 268 g/mol. The van der Waals surface area contributed by atoms with Gasteiger partial charge in [0.2, 0.25) is 0 Å². The highest BCUT2D eigenvalue weighted by atomic mass is 32.1. The highest BCUT2D eigenvalue weighted by Crippen LogP contribution is 2.41. The first-order valence-corrected chi connectivity index (χ1v) is 6.35. The van der Waals surface area contributed by atoms with E-state index in [0.29, 0.717) is 10.6 Å². The van der Waals surface area contributed by atoms with Crippen molar-refractivity contribution in [2.45, 2.75) is 20.0 Å². The van der Waals surface area contributed by atoms with Crippen LogP contribution in [0.4, 0.5) is 5.69 Å². The summed E-state index contributed by atoms with van der Waals surface area (Å²) in [6.07, 6.45) is 0.734. The predicted molar refractivity (Wildman–Crippen MR) is 70.7 cm³/mol. The van der Waals surface area contributed by atoms with Crippen LogP contribution in [0.15, 0.2) is 24.4 Å². The number of rotatable bonds is 4. The zero-order chi connectivity index (χ0) is 14.0. The normalized spacial score (nSPS) is 12.2. The molecule has 0 aliphatic heterocycles. The quantitative estimate of drug-likeness (QED) is 0.686. The number of nitro groups is 1. The van der Waals surface area contributed by atoms with Gasteiger partial charge >= 0.3 is 5.69 Å². The van der Waals surface area contributed by atoms with E-state index < -0.39 is 11.0 Å². The van der Waals surface area contributed by atoms with Gasteiger partial charge in [-0.05, 0) is 26.0 Å². The predicted octanol–water partition coefficient (Wildman–Crippen LogP) is 3.21. The zero-order valence-electron chi connectivity index (χ0n) is 10.4. The second-order valence-electron chi connectivity index (χ2n) is 3.99. The molecule has 0 aromatic carbocycles. The van der Waals surface area contributed by atoms with Gasteiger partial charge < -0.3 is 9.84 Å². The maximum absolute atomic E-state index is 10.9. The molecule has 19 heavy (non-hydrogen) atoms. The average molecular weight is 280 g/mol. The number of ether oxygens (including phenoxy) is 1. The Morgan fingerprint density at radius 3 is 2.79 bits per heavy atom. The molecule has 2 aromatic heterocycles. The molecule has 0 aliphatic carbocycles. The molecule has 0 aliphatic rings. The van der Waals surface area contributed by atoms with Crippen LogP contribution in [0.3, 0.4) is 0 Å². The lowest BCUT2D eigenvalue weighted by molar-refractivity contribution is -0.385. The van der Waals surface area contributed by atoms with E-state index in [-0.39, 0.29) is 10.8 Å². The SMILES string of the molecule is Cc1ccc(Oc2sc([C@@H](C)O)cc2[N+](=O)[O-])cn1. The third kappa shape index (κ3) is 3.07. The van der Waals surface area contributed by atoms with Gasteiger partial charge in [-0.1, -0.05) is 11.3 Å². The van der Waals surface area contributed by atoms with Gasteiger partial charge in [0.1, 0.15) is 5.75 Å². The molecule has 1 atom stereocenters. The fourth-order valence-corrected chi connectivity index (χ4v) is 2.34. The Bertz CT molecular complexity index is 592. The van der Waals surface area contributed by atoms with Crippen molar-refractivity contribution in [1.29, 1.82) is 0 Å². The summed E-state index contributed by atoms with van der Waals surface area (Å²) >= 11 is 1.05. The number of nitrogens with zero attached hydrogens (tertiary/aromatic N) is 2. The summed E-state index contributed by atoms with van der Waals surface area (Å²) in [6.45, 7) is 3.38. The van der Waals surface area contributed by atoms with Crippen LogP contribution in [0.1, 0.15) is 23.6 Å². The van der Waals surface area contributed by atoms with Crippen LogP contribution in [0.25, 0.3) is 0 Å². The molecule has 2 rings (SSSR count). The fourth-order valence-electron chi connectivity index (χ4n) is 1.41. The molecule has 0 unspecified atom stereocenters. The monoisotopic (exact) mass is 280 g/mol. The van der Waals surface area contributed by atoms with Gasteiger partial charge in [0.05, 0.1) is 17.2 Å². The highest BCUT2D eigenvalue weighted by molar-refractivity contribution is 7.14. The Morgan fingerprint density at radius 2 is 2.26 bits per heavy atom. The second kappa shape index (κ2) is 5.33. The van der Waals surface area contributed by atoms with Gasteiger partial charge in [-0.3, -0.25) is 15.1 Å². The standard InChI is InChI=1S/C12H12N2O4S/c1-7-3-4-9(6-13-7)18-12-10(14(16)17)5-11(19-12)8(2)15/h3-6,8,15H,1-2H3/t8-/m1/s1. The third-order valence-corrected chi connectivity index (χ3v) is 3.57. The first-order chi connectivity index (χ1) is 8.97. The first-order valence-electron chi connectivity index (χ1n) is 5.54. The molecule has 0 spiro atoms. The number of aromatic nitrogens is 1. The average Bonchev–Trinajstić information content (AvgIpc) is 2.76. The molecule has 0 amide bonds. The minimum absolute atomic E-state index is 0.145. The van der Waals surface area contributed by atoms with E-state index in [1.807, 2.05) is 6.92 Å². The molecule has 7 heteroatoms. The van der Waals surface area contributed by atoms with E-state index in [0.717, 1.165) is 17.0 Å². The maximum Gasteiger partial charge on any atom is 0.323 e. The van der Waals surface area contributed by atoms with Crippen molar-refractivity contribution in [2.24, 2.45) is 0 Å². The minimum atomic E-state index is -0.766. The van der Waals surface area contributed by atoms with E-state index in [1.54, 1.807) is 19.1 Å². The van der Waals surface area contributed by atoms with Crippen LogP contribution in [-0.4, -0.2) is 15.0 Å². The Balaban J connectivity index is 2.33. The number of hydrogen-bond donors (Lipinski definition) is 1. The van der Waals surface area contributed by atoms with Crippen molar-refractivity contribution in [3.8, 4) is 10.8 Å². The Labute approximate surface area is 113 Å². The first kappa shape index (κ1) is 13.4. The molecule has 0 saturated carbocycles. The van der Waals surface area contributed by atoms with Crippen LogP contribution in [-0.2, 0) is 0 Å². The molecule has 0 bridgehead atoms. The van der Waals surface area contributed by atoms with E-state index >= 15 is 0 Å². The lowest BCUT2D eigenvalue weighted by Gasteiger charge is -2.02. The molecule has 2 heterocycles. The van der Waals surface area contributed by atoms with Gasteiger partial charge in [0.15, 0.2) is 0 Å². The van der Waals surface area contributed by atoms with Crippen LogP contribution in [0.5, 0.6) is 10.8 Å². The van der Waals surface area contributed by atoms with Crippen molar-refractivity contribution in [1.82, 2.24) is 4.98 Å². The topological polar surface area (TPSA) is 85.5 Å². The number of aryl methyl sites for hydroxylation is 1. The number of hydrogen-bond acceptors (Lipinski definition) is 6. The molecule has 0 saturated heterocycles. The van der Waals surface area contributed by atoms with Crippen LogP contribution in [0, 0.1) is 17.0 Å². The lowest BCUT2D eigenvalue weighted by atomic mass is 10.3. The summed E-state index contributed by atoms with van der Waals surface area (Å²) in [5.41, 5.74) is 0.680. The molecular formula is C12H12N2O4S. The number of thiophene rings is 1. The minimum Gasteiger partial charge on any atom is -0.438 e. The number of aliphatic hydroxyl groups excluding tert-OH is 1. The second-order valence-corrected chi connectivity index (χ2v) is 5.04. The van der Waals surface area contributed by atoms with Crippen molar-refractivity contribution in [3.63, 3.8) is 0 Å². The van der Waals surface area contributed by atoms with Gasteiger partial charge in [0, 0.05) is 16.6 Å². The number of aliphatic hydroxyl groups is 1. The van der Waals surface area contributed by atoms with E-state index in [2.05, 4.69) is 4.98 Å². The van der Waals surface area contributed by atoms with Crippen LogP contribution in [0.2, 0.25) is 0 Å². The van der Waals surface area contributed by atoms with E-state index in [4.69, 9.17) is 4.74 Å². The summed E-state index contributed by atoms with van der Waals surface area (Å²) in [7, 11) is 0. The summed E-state index contributed by atoms with van der Waals surface area (Å²) in [6, 6.07) is 4.77. The lowest BCUT2D eigenvalue weighted by Crippen LogP contribution is -1.90. The Morgan fingerprint density at radius 1 is 1.53 bits per heavy atom.